The molecule has 0 atom stereocenters. The van der Waals surface area contributed by atoms with Gasteiger partial charge in [-0.25, -0.2) is 0 Å². The molecule has 0 aliphatic heterocycles. The quantitative estimate of drug-likeness (QED) is 0.223. The van der Waals surface area contributed by atoms with Crippen LogP contribution in [-0.4, -0.2) is 10.2 Å². The minimum atomic E-state index is -1.75. The normalized spacial score (nSPS) is 4.80. The molecule has 8 nitrogen and oxygen atoms in total. The average Bonchev–Trinajstić information content (AvgIpc) is 1.25. The third-order valence-corrected chi connectivity index (χ3v) is 0. The van der Waals surface area contributed by atoms with Crippen LogP contribution in [0.5, 0.6) is 0 Å². The van der Waals surface area contributed by atoms with E-state index in [0.29, 0.717) is 0 Å². The Kier molecular flexibility index (Phi) is 35.9. The topological polar surface area (TPSA) is 132 Å². The van der Waals surface area contributed by atoms with E-state index in [1.807, 2.05) is 0 Å². The summed E-state index contributed by atoms with van der Waals surface area (Å²) in [5.41, 5.74) is 0. The van der Waals surface area contributed by atoms with Crippen LogP contribution in [0.2, 0.25) is 0 Å². The fourth-order valence-electron chi connectivity index (χ4n) is 0. The van der Waals surface area contributed by atoms with Gasteiger partial charge in [0.05, 0.1) is 10.2 Å². The van der Waals surface area contributed by atoms with Gasteiger partial charge in [0.2, 0.25) is 0 Å². The predicted molar refractivity (Wildman–Crippen MR) is 21.8 cm³/mol. The molecule has 0 N–H and O–H groups in total. The van der Waals surface area contributed by atoms with Gasteiger partial charge in [-0.3, -0.25) is 0 Å². The van der Waals surface area contributed by atoms with Gasteiger partial charge in [0.15, 0.2) is 0 Å². The van der Waals surface area contributed by atoms with Crippen molar-refractivity contribution in [1.82, 2.24) is 0 Å². The Morgan fingerprint density at radius 2 is 0.900 bits per heavy atom. The number of nitrogens with zero attached hydrogens (tertiary/aromatic N) is 2. The Hall–Kier alpha value is -0.496. The molecule has 0 heterocycles. The van der Waals surface area contributed by atoms with E-state index in [4.69, 9.17) is 30.6 Å². The molecular formula is HCoLiN2O6-2. The Labute approximate surface area is 78.3 Å². The van der Waals surface area contributed by atoms with Gasteiger partial charge >= 0.3 is 18.9 Å². The molecular weight excluding hydrogens is 190 g/mol. The van der Waals surface area contributed by atoms with E-state index in [2.05, 4.69) is 0 Å². The minimum absolute atomic E-state index is 0. The third-order valence-electron chi connectivity index (χ3n) is 0. The van der Waals surface area contributed by atoms with Crippen LogP contribution in [0, 0.1) is 30.6 Å². The van der Waals surface area contributed by atoms with E-state index in [-0.39, 0.29) is 37.1 Å². The van der Waals surface area contributed by atoms with Crippen molar-refractivity contribution in [3.8, 4) is 0 Å². The first kappa shape index (κ1) is 22.7. The first-order chi connectivity index (χ1) is 3.46. The first-order valence-corrected chi connectivity index (χ1v) is 1.10. The van der Waals surface area contributed by atoms with Crippen LogP contribution in [0.25, 0.3) is 0 Å². The summed E-state index contributed by atoms with van der Waals surface area (Å²) in [5, 5.41) is 29.5. The van der Waals surface area contributed by atoms with Crippen molar-refractivity contribution in [1.29, 1.82) is 0 Å². The monoisotopic (exact) mass is 191 g/mol. The van der Waals surface area contributed by atoms with Gasteiger partial charge in [0.25, 0.3) is 0 Å². The van der Waals surface area contributed by atoms with Crippen molar-refractivity contribution in [2.75, 3.05) is 0 Å². The molecule has 0 rings (SSSR count). The van der Waals surface area contributed by atoms with Crippen molar-refractivity contribution in [2.24, 2.45) is 0 Å². The second kappa shape index (κ2) is 15.8. The van der Waals surface area contributed by atoms with Gasteiger partial charge in [-0.05, 0) is 0 Å². The zero-order valence-corrected chi connectivity index (χ0v) is 5.72. The van der Waals surface area contributed by atoms with E-state index in [9.17, 15) is 0 Å². The molecule has 0 fully saturated rings. The van der Waals surface area contributed by atoms with Crippen LogP contribution in [0.4, 0.5) is 0 Å². The van der Waals surface area contributed by atoms with Gasteiger partial charge < -0.3 is 32.1 Å². The summed E-state index contributed by atoms with van der Waals surface area (Å²) in [4.78, 5) is 16.5. The van der Waals surface area contributed by atoms with E-state index in [0.717, 1.165) is 0 Å². The van der Waals surface area contributed by atoms with E-state index in [1.165, 1.54) is 0 Å². The molecule has 0 bridgehead atoms. The zero-order valence-electron chi connectivity index (χ0n) is 5.68. The molecule has 0 saturated heterocycles. The summed E-state index contributed by atoms with van der Waals surface area (Å²) in [7, 11) is 0. The van der Waals surface area contributed by atoms with Crippen molar-refractivity contribution in [3.05, 3.63) is 30.6 Å². The van der Waals surface area contributed by atoms with Crippen molar-refractivity contribution in [2.45, 2.75) is 0 Å². The molecule has 0 spiro atoms. The molecule has 0 aliphatic carbocycles. The number of rotatable bonds is 0. The maximum Gasteiger partial charge on any atom is 1.00 e. The predicted octanol–water partition coefficient (Wildman–Crippen LogP) is -3.36. The van der Waals surface area contributed by atoms with E-state index in [1.54, 1.807) is 0 Å². The zero-order chi connectivity index (χ0) is 7.15. The van der Waals surface area contributed by atoms with Gasteiger partial charge in [-0.15, -0.1) is 0 Å². The maximum atomic E-state index is 8.25. The molecule has 0 aromatic heterocycles. The molecule has 59 valence electrons. The molecule has 0 saturated carbocycles. The first-order valence-electron chi connectivity index (χ1n) is 1.10. The van der Waals surface area contributed by atoms with Crippen molar-refractivity contribution in [3.63, 3.8) is 0 Å². The summed E-state index contributed by atoms with van der Waals surface area (Å²) in [5.74, 6) is 0. The van der Waals surface area contributed by atoms with Crippen molar-refractivity contribution >= 4 is 0 Å². The fraction of sp³-hybridized carbons (Fsp3) is 0. The van der Waals surface area contributed by atoms with Gasteiger partial charge in [0.1, 0.15) is 0 Å². The van der Waals surface area contributed by atoms with E-state index >= 15 is 0 Å². The van der Waals surface area contributed by atoms with Gasteiger partial charge in [-0.1, -0.05) is 0 Å². The van der Waals surface area contributed by atoms with E-state index < -0.39 is 10.2 Å². The summed E-state index contributed by atoms with van der Waals surface area (Å²) in [6, 6.07) is 0. The molecule has 10 heavy (non-hydrogen) atoms. The van der Waals surface area contributed by atoms with Crippen LogP contribution in [0.15, 0.2) is 0 Å². The molecule has 10 heteroatoms. The average molecular weight is 191 g/mol. The third kappa shape index (κ3) is 1290. The van der Waals surface area contributed by atoms with Crippen molar-refractivity contribution < 1.29 is 47.2 Å². The molecule has 0 aromatic rings. The van der Waals surface area contributed by atoms with Gasteiger partial charge in [-0.2, -0.15) is 0 Å². The molecule has 0 amide bonds. The van der Waals surface area contributed by atoms with Crippen LogP contribution in [0.1, 0.15) is 1.43 Å². The largest absolute Gasteiger partial charge is 1.00 e. The number of hydrogen-bond acceptors (Lipinski definition) is 6. The Morgan fingerprint density at radius 3 is 0.900 bits per heavy atom. The molecule has 0 aliphatic rings. The smallest absolute Gasteiger partial charge is 1.00 e. The minimum Gasteiger partial charge on any atom is -1.00 e. The second-order valence-corrected chi connectivity index (χ2v) is 0.447. The summed E-state index contributed by atoms with van der Waals surface area (Å²) >= 11 is 0. The Balaban J connectivity index is -0.0000000171. The van der Waals surface area contributed by atoms with Crippen LogP contribution in [0.3, 0.4) is 0 Å². The molecule has 0 aromatic carbocycles. The Morgan fingerprint density at radius 1 is 0.900 bits per heavy atom. The molecule has 0 unspecified atom stereocenters. The van der Waals surface area contributed by atoms with Crippen LogP contribution >= 0.6 is 0 Å². The number of hydrogen-bond donors (Lipinski definition) is 0. The maximum absolute atomic E-state index is 8.25. The second-order valence-electron chi connectivity index (χ2n) is 0.447. The summed E-state index contributed by atoms with van der Waals surface area (Å²) in [6.45, 7) is 0. The standard InChI is InChI=1S/Co.Li.2NO3.H/c;;2*2-1(3)4;/q;+1;3*-1. The molecule has 1 radical (unpaired) electrons. The Bertz CT molecular complexity index is 78.6. The van der Waals surface area contributed by atoms with Crippen LogP contribution in [-0.2, 0) is 16.8 Å². The van der Waals surface area contributed by atoms with Crippen LogP contribution < -0.4 is 18.9 Å². The SMILES string of the molecule is O=[N+]([O-])[O-].O=[N+]([O-])[O-].[Co].[H-].[Li+]. The van der Waals surface area contributed by atoms with Gasteiger partial charge in [0, 0.05) is 16.8 Å². The fourth-order valence-corrected chi connectivity index (χ4v) is 0. The summed E-state index contributed by atoms with van der Waals surface area (Å²) < 4.78 is 0. The summed E-state index contributed by atoms with van der Waals surface area (Å²) in [6.07, 6.45) is 0.